The second-order valence-corrected chi connectivity index (χ2v) is 6.42. The van der Waals surface area contributed by atoms with Crippen LogP contribution in [0.1, 0.15) is 43.2 Å². The minimum Gasteiger partial charge on any atom is -0.497 e. The maximum Gasteiger partial charge on any atom is 0.119 e. The number of rotatable bonds is 3. The number of aryl methyl sites for hydroxylation is 1. The van der Waals surface area contributed by atoms with Gasteiger partial charge in [0, 0.05) is 23.3 Å². The van der Waals surface area contributed by atoms with Crippen molar-refractivity contribution in [2.24, 2.45) is 0 Å². The summed E-state index contributed by atoms with van der Waals surface area (Å²) in [5.74, 6) is 1.64. The molecule has 2 heteroatoms. The fourth-order valence-corrected chi connectivity index (χ4v) is 4.20. The van der Waals surface area contributed by atoms with Crippen LogP contribution in [0, 0.1) is 0 Å². The molecule has 0 bridgehead atoms. The van der Waals surface area contributed by atoms with Crippen molar-refractivity contribution >= 4 is 11.4 Å². The maximum absolute atomic E-state index is 5.30. The van der Waals surface area contributed by atoms with Crippen LogP contribution in [0.4, 0.5) is 11.4 Å². The molecular weight excluding hydrogens is 270 g/mol. The Morgan fingerprint density at radius 1 is 1.09 bits per heavy atom. The molecule has 0 radical (unpaired) electrons. The Labute approximate surface area is 132 Å². The van der Waals surface area contributed by atoms with Gasteiger partial charge in [-0.25, -0.2) is 0 Å². The van der Waals surface area contributed by atoms with Crippen LogP contribution >= 0.6 is 0 Å². The van der Waals surface area contributed by atoms with E-state index >= 15 is 0 Å². The van der Waals surface area contributed by atoms with Crippen LogP contribution in [0.5, 0.6) is 5.75 Å². The third-order valence-electron chi connectivity index (χ3n) is 5.32. The Bertz CT molecular complexity index is 677. The third-order valence-corrected chi connectivity index (χ3v) is 5.32. The molecule has 0 aromatic heterocycles. The highest BCUT2D eigenvalue weighted by molar-refractivity contribution is 5.73. The maximum atomic E-state index is 5.30. The van der Waals surface area contributed by atoms with Crippen molar-refractivity contribution in [1.82, 2.24) is 0 Å². The van der Waals surface area contributed by atoms with Crippen LogP contribution in [0.2, 0.25) is 0 Å². The van der Waals surface area contributed by atoms with Gasteiger partial charge in [-0.3, -0.25) is 0 Å². The van der Waals surface area contributed by atoms with Crippen LogP contribution in [0.3, 0.4) is 0 Å². The average Bonchev–Trinajstić information content (AvgIpc) is 3.15. The predicted octanol–water partition coefficient (Wildman–Crippen LogP) is 5.05. The van der Waals surface area contributed by atoms with Gasteiger partial charge < -0.3 is 9.64 Å². The van der Waals surface area contributed by atoms with E-state index in [0.29, 0.717) is 12.0 Å². The molecule has 22 heavy (non-hydrogen) atoms. The number of hydrogen-bond donors (Lipinski definition) is 0. The molecule has 2 atom stereocenters. The van der Waals surface area contributed by atoms with Crippen LogP contribution < -0.4 is 9.64 Å². The minimum atomic E-state index is 0.635. The third kappa shape index (κ3) is 2.01. The number of hydrogen-bond acceptors (Lipinski definition) is 2. The minimum absolute atomic E-state index is 0.635. The zero-order chi connectivity index (χ0) is 15.1. The normalized spacial score (nSPS) is 22.5. The van der Waals surface area contributed by atoms with Gasteiger partial charge in [0.1, 0.15) is 5.75 Å². The quantitative estimate of drug-likeness (QED) is 0.785. The fourth-order valence-electron chi connectivity index (χ4n) is 4.20. The standard InChI is InChI=1S/C20H23NO/c1-3-14-7-12-20-18(13-14)17-5-4-6-19(17)21(20)15-8-10-16(22-2)11-9-15/h7-13,17,19H,3-6H2,1-2H3. The Morgan fingerprint density at radius 2 is 1.91 bits per heavy atom. The van der Waals surface area contributed by atoms with Gasteiger partial charge in [-0.15, -0.1) is 0 Å². The molecule has 4 rings (SSSR count). The fraction of sp³-hybridized carbons (Fsp3) is 0.400. The molecule has 0 N–H and O–H groups in total. The highest BCUT2D eigenvalue weighted by Crippen LogP contribution is 2.52. The van der Waals surface area contributed by atoms with E-state index in [4.69, 9.17) is 4.74 Å². The number of fused-ring (bicyclic) bond motifs is 3. The first kappa shape index (κ1) is 13.7. The molecule has 1 aliphatic carbocycles. The lowest BCUT2D eigenvalue weighted by Gasteiger charge is -2.27. The zero-order valence-corrected chi connectivity index (χ0v) is 13.4. The molecule has 2 nitrogen and oxygen atoms in total. The molecule has 0 spiro atoms. The summed E-state index contributed by atoms with van der Waals surface area (Å²) < 4.78 is 5.30. The molecular formula is C20H23NO. The Balaban J connectivity index is 1.79. The number of methoxy groups -OCH3 is 1. The Morgan fingerprint density at radius 3 is 2.64 bits per heavy atom. The molecule has 114 valence electrons. The molecule has 0 saturated heterocycles. The zero-order valence-electron chi connectivity index (χ0n) is 13.4. The molecule has 0 amide bonds. The van der Waals surface area contributed by atoms with Gasteiger partial charge in [0.05, 0.1) is 7.11 Å². The average molecular weight is 293 g/mol. The Kier molecular flexibility index (Phi) is 3.33. The van der Waals surface area contributed by atoms with Gasteiger partial charge in [0.2, 0.25) is 0 Å². The molecule has 1 aliphatic heterocycles. The monoisotopic (exact) mass is 293 g/mol. The lowest BCUT2D eigenvalue weighted by molar-refractivity contribution is 0.415. The van der Waals surface area contributed by atoms with Crippen LogP contribution in [0.15, 0.2) is 42.5 Å². The largest absolute Gasteiger partial charge is 0.497 e. The summed E-state index contributed by atoms with van der Waals surface area (Å²) in [6.45, 7) is 2.24. The number of ether oxygens (including phenoxy) is 1. The highest BCUT2D eigenvalue weighted by atomic mass is 16.5. The van der Waals surface area contributed by atoms with E-state index in [1.807, 2.05) is 0 Å². The molecule has 2 aliphatic rings. The van der Waals surface area contributed by atoms with Gasteiger partial charge in [-0.2, -0.15) is 0 Å². The van der Waals surface area contributed by atoms with Crippen molar-refractivity contribution in [2.75, 3.05) is 12.0 Å². The van der Waals surface area contributed by atoms with E-state index in [1.54, 1.807) is 12.7 Å². The molecule has 2 unspecified atom stereocenters. The van der Waals surface area contributed by atoms with E-state index in [2.05, 4.69) is 54.3 Å². The molecule has 2 aromatic carbocycles. The van der Waals surface area contributed by atoms with Gasteiger partial charge >= 0.3 is 0 Å². The second kappa shape index (κ2) is 5.35. The summed E-state index contributed by atoms with van der Waals surface area (Å²) in [5.41, 5.74) is 5.73. The van der Waals surface area contributed by atoms with Crippen molar-refractivity contribution in [3.63, 3.8) is 0 Å². The first-order valence-corrected chi connectivity index (χ1v) is 8.38. The summed E-state index contributed by atoms with van der Waals surface area (Å²) in [6, 6.07) is 16.2. The smallest absolute Gasteiger partial charge is 0.119 e. The summed E-state index contributed by atoms with van der Waals surface area (Å²) in [7, 11) is 1.72. The number of anilines is 2. The van der Waals surface area contributed by atoms with E-state index in [-0.39, 0.29) is 0 Å². The van der Waals surface area contributed by atoms with E-state index in [0.717, 1.165) is 12.2 Å². The second-order valence-electron chi connectivity index (χ2n) is 6.42. The van der Waals surface area contributed by atoms with E-state index in [1.165, 1.54) is 36.2 Å². The first-order valence-electron chi connectivity index (χ1n) is 8.38. The lowest BCUT2D eigenvalue weighted by atomic mass is 9.95. The van der Waals surface area contributed by atoms with Gasteiger partial charge in [0.15, 0.2) is 0 Å². The van der Waals surface area contributed by atoms with Gasteiger partial charge in [-0.05, 0) is 60.7 Å². The molecule has 1 heterocycles. The van der Waals surface area contributed by atoms with Crippen LogP contribution in [-0.4, -0.2) is 13.2 Å². The molecule has 1 saturated carbocycles. The van der Waals surface area contributed by atoms with E-state index in [9.17, 15) is 0 Å². The van der Waals surface area contributed by atoms with Crippen molar-refractivity contribution in [3.05, 3.63) is 53.6 Å². The van der Waals surface area contributed by atoms with Gasteiger partial charge in [-0.1, -0.05) is 25.5 Å². The number of nitrogens with zero attached hydrogens (tertiary/aromatic N) is 1. The lowest BCUT2D eigenvalue weighted by Crippen LogP contribution is -2.26. The molecule has 1 fully saturated rings. The number of benzene rings is 2. The molecule has 2 aromatic rings. The van der Waals surface area contributed by atoms with Crippen LogP contribution in [0.25, 0.3) is 0 Å². The summed E-state index contributed by atoms with van der Waals surface area (Å²) >= 11 is 0. The van der Waals surface area contributed by atoms with Crippen molar-refractivity contribution in [2.45, 2.75) is 44.6 Å². The predicted molar refractivity (Wildman–Crippen MR) is 91.3 cm³/mol. The van der Waals surface area contributed by atoms with Crippen molar-refractivity contribution in [1.29, 1.82) is 0 Å². The van der Waals surface area contributed by atoms with Crippen molar-refractivity contribution in [3.8, 4) is 5.75 Å². The SMILES string of the molecule is CCc1ccc2c(c1)C1CCCC1N2c1ccc(OC)cc1. The topological polar surface area (TPSA) is 12.5 Å². The van der Waals surface area contributed by atoms with Gasteiger partial charge in [0.25, 0.3) is 0 Å². The summed E-state index contributed by atoms with van der Waals surface area (Å²) in [5, 5.41) is 0. The summed E-state index contributed by atoms with van der Waals surface area (Å²) in [6.07, 6.45) is 5.09. The van der Waals surface area contributed by atoms with E-state index < -0.39 is 0 Å². The van der Waals surface area contributed by atoms with Crippen LogP contribution in [-0.2, 0) is 6.42 Å². The summed E-state index contributed by atoms with van der Waals surface area (Å²) in [4.78, 5) is 2.56. The first-order chi connectivity index (χ1) is 10.8. The highest BCUT2D eigenvalue weighted by Gasteiger charge is 2.41. The Hall–Kier alpha value is -1.96. The van der Waals surface area contributed by atoms with Crippen molar-refractivity contribution < 1.29 is 4.74 Å².